The quantitative estimate of drug-likeness (QED) is 0.596. The van der Waals surface area contributed by atoms with Crippen molar-refractivity contribution in [2.24, 2.45) is 0 Å². The van der Waals surface area contributed by atoms with Crippen LogP contribution in [-0.2, 0) is 5.41 Å². The van der Waals surface area contributed by atoms with E-state index >= 15 is 0 Å². The molecule has 0 aliphatic carbocycles. The molecule has 3 nitrogen and oxygen atoms in total. The van der Waals surface area contributed by atoms with Crippen LogP contribution in [0.2, 0.25) is 0 Å². The number of hydrogen-bond donors (Lipinski definition) is 3. The average Bonchev–Trinajstić information content (AvgIpc) is 2.61. The van der Waals surface area contributed by atoms with Gasteiger partial charge in [-0.1, -0.05) is 0 Å². The van der Waals surface area contributed by atoms with Crippen LogP contribution >= 0.6 is 7.28 Å². The van der Waals surface area contributed by atoms with Crippen LogP contribution in [0.15, 0.2) is 72.8 Å². The fraction of sp³-hybridized carbons (Fsp3) is 0.217. The van der Waals surface area contributed by atoms with Gasteiger partial charge in [0, 0.05) is 0 Å². The molecule has 0 saturated carbocycles. The Labute approximate surface area is 161 Å². The van der Waals surface area contributed by atoms with E-state index in [9.17, 15) is 14.7 Å². The molecule has 142 valence electrons. The Morgan fingerprint density at radius 1 is 0.704 bits per heavy atom. The zero-order valence-electron chi connectivity index (χ0n) is 16.2. The Hall–Kier alpha value is -2.03. The molecule has 0 bridgehead atoms. The van der Waals surface area contributed by atoms with Gasteiger partial charge in [0.1, 0.15) is 0 Å². The van der Waals surface area contributed by atoms with Gasteiger partial charge in [0.2, 0.25) is 0 Å². The Morgan fingerprint density at radius 2 is 1.22 bits per heavy atom. The number of benzene rings is 3. The van der Waals surface area contributed by atoms with Crippen LogP contribution in [0.5, 0.6) is 0 Å². The Morgan fingerprint density at radius 3 is 1.74 bits per heavy atom. The van der Waals surface area contributed by atoms with E-state index < -0.39 is 12.7 Å². The van der Waals surface area contributed by atoms with Crippen LogP contribution in [-0.4, -0.2) is 14.7 Å². The summed E-state index contributed by atoms with van der Waals surface area (Å²) in [6.07, 6.45) is 0. The molecule has 0 amide bonds. The van der Waals surface area contributed by atoms with Crippen molar-refractivity contribution in [1.29, 1.82) is 0 Å². The molecule has 0 aliphatic rings. The predicted octanol–water partition coefficient (Wildman–Crippen LogP) is 4.19. The zero-order chi connectivity index (χ0) is 19.9. The molecular weight excluding hydrogens is 355 g/mol. The van der Waals surface area contributed by atoms with Crippen molar-refractivity contribution < 1.29 is 14.7 Å². The molecule has 3 aromatic rings. The molecule has 3 N–H and O–H groups in total. The van der Waals surface area contributed by atoms with E-state index in [-0.39, 0.29) is 10.6 Å². The molecule has 0 aromatic heterocycles. The Balaban J connectivity index is 2.42. The van der Waals surface area contributed by atoms with E-state index in [4.69, 9.17) is 0 Å². The monoisotopic (exact) mass is 382 g/mol. The fourth-order valence-corrected chi connectivity index (χ4v) is 5.82. The van der Waals surface area contributed by atoms with E-state index in [1.54, 1.807) is 36.4 Å². The summed E-state index contributed by atoms with van der Waals surface area (Å²) in [7, 11) is -5.29. The van der Waals surface area contributed by atoms with Crippen molar-refractivity contribution in [3.8, 4) is 11.1 Å². The number of rotatable bonds is 3. The summed E-state index contributed by atoms with van der Waals surface area (Å²) in [5, 5.41) is 0.334. The van der Waals surface area contributed by atoms with Gasteiger partial charge >= 0.3 is 161 Å². The molecular formula is C23H27O3P. The second kappa shape index (κ2) is 6.54. The van der Waals surface area contributed by atoms with Gasteiger partial charge in [0.15, 0.2) is 0 Å². The first-order chi connectivity index (χ1) is 12.5. The third-order valence-electron chi connectivity index (χ3n) is 4.88. The molecule has 4 heteroatoms. The molecule has 0 heterocycles. The van der Waals surface area contributed by atoms with Crippen LogP contribution in [0.4, 0.5) is 0 Å². The predicted molar refractivity (Wildman–Crippen MR) is 115 cm³/mol. The first-order valence-corrected chi connectivity index (χ1v) is 11.1. The first-order valence-electron chi connectivity index (χ1n) is 9.03. The van der Waals surface area contributed by atoms with Crippen LogP contribution in [0.25, 0.3) is 11.1 Å². The molecule has 3 rings (SSSR count). The minimum atomic E-state index is -5.29. The van der Waals surface area contributed by atoms with Crippen molar-refractivity contribution in [3.05, 3.63) is 83.9 Å². The standard InChI is InChI=1S/C23H27O3P/c1-17-15-16-20(27(24,25,26)19-13-9-6-10-14-19)22(23(2,3)4)21(17)18-11-7-5-8-12-18/h5-16,24-26H,1-4H3. The van der Waals surface area contributed by atoms with Gasteiger partial charge in [0.25, 0.3) is 0 Å². The van der Waals surface area contributed by atoms with E-state index in [1.807, 2.05) is 64.1 Å². The Kier molecular flexibility index (Phi) is 4.78. The summed E-state index contributed by atoms with van der Waals surface area (Å²) in [6, 6.07) is 21.7. The van der Waals surface area contributed by atoms with Crippen molar-refractivity contribution in [2.45, 2.75) is 33.1 Å². The number of hydrogen-bond acceptors (Lipinski definition) is 3. The SMILES string of the molecule is Cc1ccc(P(O)(O)(O)c2ccccc2)c(C(C)(C)C)c1-c1ccccc1. The van der Waals surface area contributed by atoms with Crippen molar-refractivity contribution in [3.63, 3.8) is 0 Å². The normalized spacial score (nSPS) is 13.8. The van der Waals surface area contributed by atoms with E-state index in [0.717, 1.165) is 22.3 Å². The number of aryl methyl sites for hydroxylation is 1. The van der Waals surface area contributed by atoms with Gasteiger partial charge in [-0.15, -0.1) is 0 Å². The summed E-state index contributed by atoms with van der Waals surface area (Å²) in [4.78, 5) is 33.8. The van der Waals surface area contributed by atoms with Crippen molar-refractivity contribution >= 4 is 17.9 Å². The van der Waals surface area contributed by atoms with Gasteiger partial charge in [-0.2, -0.15) is 0 Å². The summed E-state index contributed by atoms with van der Waals surface area (Å²) < 4.78 is 0. The van der Waals surface area contributed by atoms with Gasteiger partial charge in [-0.3, -0.25) is 0 Å². The van der Waals surface area contributed by atoms with Crippen LogP contribution in [0, 0.1) is 6.92 Å². The third-order valence-corrected chi connectivity index (χ3v) is 7.39. The van der Waals surface area contributed by atoms with Gasteiger partial charge in [-0.25, -0.2) is 0 Å². The second-order valence-electron chi connectivity index (χ2n) is 8.08. The summed E-state index contributed by atoms with van der Waals surface area (Å²) in [5.41, 5.74) is 3.28. The van der Waals surface area contributed by atoms with Gasteiger partial charge < -0.3 is 0 Å². The third kappa shape index (κ3) is 3.56. The molecule has 0 aliphatic heterocycles. The topological polar surface area (TPSA) is 60.7 Å². The van der Waals surface area contributed by atoms with Crippen molar-refractivity contribution in [2.75, 3.05) is 0 Å². The van der Waals surface area contributed by atoms with Crippen LogP contribution < -0.4 is 10.6 Å². The molecule has 0 radical (unpaired) electrons. The van der Waals surface area contributed by atoms with E-state index in [0.29, 0.717) is 0 Å². The molecule has 3 aromatic carbocycles. The summed E-state index contributed by atoms with van der Waals surface area (Å²) in [6.45, 7) is 8.07. The molecule has 27 heavy (non-hydrogen) atoms. The molecule has 0 spiro atoms. The van der Waals surface area contributed by atoms with Crippen LogP contribution in [0.3, 0.4) is 0 Å². The molecule has 0 saturated heterocycles. The molecule has 0 fully saturated rings. The fourth-order valence-electron chi connectivity index (χ4n) is 3.62. The van der Waals surface area contributed by atoms with Gasteiger partial charge in [-0.05, 0) is 0 Å². The van der Waals surface area contributed by atoms with E-state index in [1.165, 1.54) is 0 Å². The molecule has 0 atom stereocenters. The Bertz CT molecular complexity index is 950. The first kappa shape index (κ1) is 19.7. The van der Waals surface area contributed by atoms with E-state index in [2.05, 4.69) is 0 Å². The van der Waals surface area contributed by atoms with Crippen LogP contribution in [0.1, 0.15) is 31.9 Å². The minimum absolute atomic E-state index is 0.136. The van der Waals surface area contributed by atoms with Gasteiger partial charge in [0.05, 0.1) is 0 Å². The zero-order valence-corrected chi connectivity index (χ0v) is 17.1. The second-order valence-corrected chi connectivity index (χ2v) is 11.0. The van der Waals surface area contributed by atoms with Crippen molar-refractivity contribution in [1.82, 2.24) is 0 Å². The maximum absolute atomic E-state index is 11.3. The maximum atomic E-state index is 11.3. The molecule has 0 unspecified atom stereocenters. The summed E-state index contributed by atoms with van der Waals surface area (Å²) in [5.74, 6) is 0. The average molecular weight is 382 g/mol. The summed E-state index contributed by atoms with van der Waals surface area (Å²) >= 11 is 0.